The van der Waals surface area contributed by atoms with Crippen LogP contribution in [0.5, 0.6) is 0 Å². The first kappa shape index (κ1) is 27.3. The normalized spacial score (nSPS) is 26.2. The SMILES string of the molecule is ClP1(Cl)=N[P@](Cl)(N=P(c2ccccc2)(c2ccccc2)c2ccccc2)=N[P@@](Cl)(N2CCCCC2)=N1. The summed E-state index contributed by atoms with van der Waals surface area (Å²) in [6.45, 7) is -4.71. The molecule has 0 N–H and O–H groups in total. The van der Waals surface area contributed by atoms with E-state index in [4.69, 9.17) is 54.0 Å². The van der Waals surface area contributed by atoms with Gasteiger partial charge in [-0.15, -0.1) is 0 Å². The molecule has 0 amide bonds. The molecule has 1 saturated heterocycles. The molecule has 2 aliphatic rings. The van der Waals surface area contributed by atoms with Gasteiger partial charge < -0.3 is 0 Å². The molecular weight excluding hydrogens is 612 g/mol. The fourth-order valence-electron chi connectivity index (χ4n) is 4.46. The lowest BCUT2D eigenvalue weighted by Crippen LogP contribution is -2.25. The molecule has 5 rings (SSSR count). The van der Waals surface area contributed by atoms with Crippen molar-refractivity contribution in [1.82, 2.24) is 4.67 Å². The van der Waals surface area contributed by atoms with Crippen molar-refractivity contribution < 1.29 is 0 Å². The van der Waals surface area contributed by atoms with Crippen LogP contribution in [-0.2, 0) is 0 Å². The van der Waals surface area contributed by atoms with Crippen molar-refractivity contribution in [3.8, 4) is 0 Å². The van der Waals surface area contributed by atoms with E-state index in [9.17, 15) is 0 Å². The average molecular weight is 637 g/mol. The second kappa shape index (κ2) is 11.1. The molecule has 0 saturated carbocycles. The number of piperidine rings is 1. The topological polar surface area (TPSA) is 52.7 Å². The third kappa shape index (κ3) is 5.67. The second-order valence-corrected chi connectivity index (χ2v) is 23.7. The molecule has 36 heavy (non-hydrogen) atoms. The number of hydrogen-bond acceptors (Lipinski definition) is 5. The predicted octanol–water partition coefficient (Wildman–Crippen LogP) is 10.5. The molecule has 0 bridgehead atoms. The maximum atomic E-state index is 7.35. The van der Waals surface area contributed by atoms with Gasteiger partial charge in [-0.25, -0.2) is 9.19 Å². The lowest BCUT2D eigenvalue weighted by Gasteiger charge is -2.35. The van der Waals surface area contributed by atoms with Gasteiger partial charge in [0.05, 0.1) is 7.05 Å². The fraction of sp³-hybridized carbons (Fsp3) is 0.217. The standard InChI is InChI=1S/C23H25Cl4N5P4/c24-34(25)29-35(26,31-36(27,30-34)32-19-11-4-12-20-32)28-33(21-13-5-1-6-14-21,22-15-7-2-8-16-22)23-17-9-3-10-18-23/h1-3,5-10,13-18H,4,11-12,19-20H2/t35-,36-/m0/s1. The van der Waals surface area contributed by atoms with Gasteiger partial charge in [0.15, 0.2) is 0 Å². The Labute approximate surface area is 232 Å². The highest BCUT2D eigenvalue weighted by molar-refractivity contribution is 8.18. The number of rotatable bonds is 5. The Kier molecular flexibility index (Phi) is 8.38. The molecule has 0 aromatic heterocycles. The van der Waals surface area contributed by atoms with Crippen molar-refractivity contribution >= 4 is 87.3 Å². The van der Waals surface area contributed by atoms with Gasteiger partial charge >= 0.3 is 0 Å². The summed E-state index contributed by atoms with van der Waals surface area (Å²) in [6.07, 6.45) is 3.19. The highest BCUT2D eigenvalue weighted by atomic mass is 35.9. The molecule has 190 valence electrons. The van der Waals surface area contributed by atoms with Gasteiger partial charge in [0.2, 0.25) is 6.71 Å². The molecule has 0 unspecified atom stereocenters. The van der Waals surface area contributed by atoms with Crippen molar-refractivity contribution in [3.63, 3.8) is 0 Å². The minimum atomic E-state index is -3.33. The van der Waals surface area contributed by atoms with E-state index in [1.807, 2.05) is 54.6 Å². The fourth-order valence-corrected chi connectivity index (χ4v) is 26.9. The Balaban J connectivity index is 1.88. The van der Waals surface area contributed by atoms with E-state index in [1.165, 1.54) is 0 Å². The largest absolute Gasteiger partial charge is 0.282 e. The minimum Gasteiger partial charge on any atom is -0.240 e. The zero-order valence-corrected chi connectivity index (χ0v) is 25.8. The van der Waals surface area contributed by atoms with Crippen molar-refractivity contribution in [2.45, 2.75) is 19.3 Å². The lowest BCUT2D eigenvalue weighted by atomic mass is 10.2. The molecule has 0 radical (unpaired) electrons. The van der Waals surface area contributed by atoms with Crippen LogP contribution in [-0.4, -0.2) is 17.8 Å². The van der Waals surface area contributed by atoms with Crippen LogP contribution >= 0.6 is 71.3 Å². The van der Waals surface area contributed by atoms with E-state index in [1.54, 1.807) is 0 Å². The van der Waals surface area contributed by atoms with Gasteiger partial charge in [-0.2, -0.15) is 13.5 Å². The number of nitrogens with zero attached hydrogens (tertiary/aromatic N) is 5. The Morgan fingerprint density at radius 3 is 1.50 bits per heavy atom. The molecule has 0 aliphatic carbocycles. The van der Waals surface area contributed by atoms with E-state index < -0.39 is 26.4 Å². The highest BCUT2D eigenvalue weighted by Gasteiger charge is 2.40. The van der Waals surface area contributed by atoms with Crippen LogP contribution in [0.2, 0.25) is 0 Å². The summed E-state index contributed by atoms with van der Waals surface area (Å²) < 4.78 is 21.8. The highest BCUT2D eigenvalue weighted by Crippen LogP contribution is 2.87. The molecule has 2 heterocycles. The van der Waals surface area contributed by atoms with Crippen LogP contribution < -0.4 is 15.9 Å². The van der Waals surface area contributed by atoms with Crippen molar-refractivity contribution in [3.05, 3.63) is 91.0 Å². The molecule has 2 atom stereocenters. The number of hydrogen-bond donors (Lipinski definition) is 0. The first-order valence-corrected chi connectivity index (χ1v) is 21.9. The summed E-state index contributed by atoms with van der Waals surface area (Å²) in [5, 5.41) is 3.12. The van der Waals surface area contributed by atoms with Gasteiger partial charge in [0.1, 0.15) is 0 Å². The Hall–Kier alpha value is -0.300. The van der Waals surface area contributed by atoms with E-state index in [0.717, 1.165) is 48.3 Å². The zero-order valence-electron chi connectivity index (χ0n) is 19.2. The van der Waals surface area contributed by atoms with E-state index >= 15 is 0 Å². The quantitative estimate of drug-likeness (QED) is 0.257. The summed E-state index contributed by atoms with van der Waals surface area (Å²) in [5.74, 6) is -3.19. The molecule has 0 spiro atoms. The van der Waals surface area contributed by atoms with Crippen molar-refractivity contribution in [2.75, 3.05) is 13.1 Å². The molecule has 13 heteroatoms. The molecular formula is C23H25Cl4N5P4. The van der Waals surface area contributed by atoms with Gasteiger partial charge in [-0.3, -0.25) is 0 Å². The second-order valence-electron chi connectivity index (χ2n) is 8.46. The predicted molar refractivity (Wildman–Crippen MR) is 164 cm³/mol. The maximum absolute atomic E-state index is 7.35. The molecule has 3 aromatic carbocycles. The maximum Gasteiger partial charge on any atom is 0.282 e. The molecule has 2 aliphatic heterocycles. The number of halogens is 4. The Morgan fingerprint density at radius 2 is 1.06 bits per heavy atom. The number of benzene rings is 3. The molecule has 1 fully saturated rings. The first-order chi connectivity index (χ1) is 17.2. The van der Waals surface area contributed by atoms with Gasteiger partial charge in [-0.1, -0.05) is 97.4 Å². The Bertz CT molecular complexity index is 1350. The molecule has 5 nitrogen and oxygen atoms in total. The van der Waals surface area contributed by atoms with E-state index in [2.05, 4.69) is 50.1 Å². The molecule has 3 aromatic rings. The summed E-state index contributed by atoms with van der Waals surface area (Å²) in [7, 11) is -2.69. The van der Waals surface area contributed by atoms with Crippen LogP contribution in [0.4, 0.5) is 0 Å². The zero-order chi connectivity index (χ0) is 25.3. The lowest BCUT2D eigenvalue weighted by molar-refractivity contribution is 0.370. The van der Waals surface area contributed by atoms with Gasteiger partial charge in [-0.05, 0) is 57.8 Å². The van der Waals surface area contributed by atoms with Gasteiger partial charge in [0.25, 0.3) is 12.6 Å². The summed E-state index contributed by atoms with van der Waals surface area (Å²) >= 11 is 28.0. The van der Waals surface area contributed by atoms with Crippen LogP contribution in [0.15, 0.2) is 109 Å². The third-order valence-electron chi connectivity index (χ3n) is 6.00. The van der Waals surface area contributed by atoms with Crippen LogP contribution in [0.25, 0.3) is 0 Å². The third-order valence-corrected chi connectivity index (χ3v) is 23.7. The summed E-state index contributed by atoms with van der Waals surface area (Å²) in [5.41, 5.74) is 0. The van der Waals surface area contributed by atoms with Crippen LogP contribution in [0.3, 0.4) is 0 Å². The average Bonchev–Trinajstić information content (AvgIpc) is 2.88. The Morgan fingerprint density at radius 1 is 0.611 bits per heavy atom. The smallest absolute Gasteiger partial charge is 0.240 e. The van der Waals surface area contributed by atoms with Crippen molar-refractivity contribution in [1.29, 1.82) is 0 Å². The van der Waals surface area contributed by atoms with Crippen molar-refractivity contribution in [2.24, 2.45) is 18.1 Å². The van der Waals surface area contributed by atoms with E-state index in [0.29, 0.717) is 0 Å². The monoisotopic (exact) mass is 635 g/mol. The summed E-state index contributed by atoms with van der Waals surface area (Å²) in [6, 6.07) is 30.6. The first-order valence-electron chi connectivity index (χ1n) is 11.5. The van der Waals surface area contributed by atoms with E-state index in [-0.39, 0.29) is 0 Å². The van der Waals surface area contributed by atoms with Gasteiger partial charge in [0, 0.05) is 29.0 Å². The summed E-state index contributed by atoms with van der Waals surface area (Å²) in [4.78, 5) is 0. The van der Waals surface area contributed by atoms with Crippen LogP contribution in [0.1, 0.15) is 19.3 Å². The minimum absolute atomic E-state index is 0.783. The van der Waals surface area contributed by atoms with Crippen LogP contribution in [0, 0.1) is 0 Å².